The Morgan fingerprint density at radius 1 is 0.946 bits per heavy atom. The Morgan fingerprint density at radius 2 is 1.54 bits per heavy atom. The van der Waals surface area contributed by atoms with Crippen LogP contribution in [-0.4, -0.2) is 89.2 Å². The molecule has 0 aromatic heterocycles. The molecular formula is C23H37N7O6S. The molecule has 13 nitrogen and oxygen atoms in total. The van der Waals surface area contributed by atoms with Gasteiger partial charge >= 0.3 is 5.97 Å². The van der Waals surface area contributed by atoms with E-state index in [2.05, 4.69) is 20.9 Å². The number of aliphatic hydroxyl groups is 1. The van der Waals surface area contributed by atoms with E-state index in [1.54, 1.807) is 30.3 Å². The third kappa shape index (κ3) is 12.4. The second-order valence-electron chi connectivity index (χ2n) is 8.23. The summed E-state index contributed by atoms with van der Waals surface area (Å²) in [7, 11) is 0. The zero-order valence-corrected chi connectivity index (χ0v) is 21.6. The fourth-order valence-electron chi connectivity index (χ4n) is 3.23. The van der Waals surface area contributed by atoms with Gasteiger partial charge in [0.1, 0.15) is 24.2 Å². The lowest BCUT2D eigenvalue weighted by Crippen LogP contribution is -2.58. The molecule has 0 aliphatic carbocycles. The van der Waals surface area contributed by atoms with Gasteiger partial charge in [-0.15, -0.1) is 0 Å². The van der Waals surface area contributed by atoms with Crippen molar-refractivity contribution < 1.29 is 29.4 Å². The first-order valence-electron chi connectivity index (χ1n) is 11.7. The average Bonchev–Trinajstić information content (AvgIpc) is 2.87. The summed E-state index contributed by atoms with van der Waals surface area (Å²) in [6.07, 6.45) is 2.53. The second-order valence-corrected chi connectivity index (χ2v) is 9.22. The van der Waals surface area contributed by atoms with Crippen LogP contribution in [0, 0.1) is 0 Å². The summed E-state index contributed by atoms with van der Waals surface area (Å²) in [4.78, 5) is 54.1. The first-order valence-corrected chi connectivity index (χ1v) is 13.1. The molecule has 14 heteroatoms. The summed E-state index contributed by atoms with van der Waals surface area (Å²) >= 11 is 1.44. The summed E-state index contributed by atoms with van der Waals surface area (Å²) in [5.41, 5.74) is 16.9. The monoisotopic (exact) mass is 539 g/mol. The van der Waals surface area contributed by atoms with Crippen molar-refractivity contribution in [2.75, 3.05) is 25.2 Å². The van der Waals surface area contributed by atoms with Crippen LogP contribution in [0.4, 0.5) is 0 Å². The molecule has 1 aromatic carbocycles. The fraction of sp³-hybridized carbons (Fsp3) is 0.522. The quantitative estimate of drug-likeness (QED) is 0.0609. The second kappa shape index (κ2) is 17.2. The summed E-state index contributed by atoms with van der Waals surface area (Å²) in [5.74, 6) is -2.91. The number of carbonyl (C=O) groups is 4. The molecule has 0 aliphatic heterocycles. The van der Waals surface area contributed by atoms with Crippen LogP contribution in [0.15, 0.2) is 35.3 Å². The Bertz CT molecular complexity index is 914. The number of aliphatic imine (C=N–C) groups is 1. The lowest BCUT2D eigenvalue weighted by atomic mass is 10.0. The molecule has 4 unspecified atom stereocenters. The molecule has 1 aromatic rings. The van der Waals surface area contributed by atoms with Gasteiger partial charge in [0, 0.05) is 13.0 Å². The van der Waals surface area contributed by atoms with E-state index in [4.69, 9.17) is 17.2 Å². The van der Waals surface area contributed by atoms with E-state index in [-0.39, 0.29) is 31.8 Å². The van der Waals surface area contributed by atoms with Crippen LogP contribution >= 0.6 is 11.8 Å². The highest BCUT2D eigenvalue weighted by molar-refractivity contribution is 7.98. The lowest BCUT2D eigenvalue weighted by molar-refractivity contribution is -0.142. The standard InChI is InChI=1S/C23H37N7O6S/c1-37-11-9-17(22(35)36)29-21(34)18(12-14-6-3-2-4-7-14)30-20(33)16(8-5-10-27-23(25)26)28-19(32)15(24)13-31/h2-4,6-7,15-18,31H,5,8-13,24H2,1H3,(H,28,32)(H,29,34)(H,30,33)(H,35,36)(H4,25,26,27). The SMILES string of the molecule is CSCCC(NC(=O)C(Cc1ccccc1)NC(=O)C(CCCN=C(N)N)NC(=O)C(N)CO)C(=O)O. The number of carboxylic acid groups (broad SMARTS) is 1. The normalized spacial score (nSPS) is 13.9. The van der Waals surface area contributed by atoms with Crippen molar-refractivity contribution >= 4 is 41.4 Å². The minimum Gasteiger partial charge on any atom is -0.480 e. The molecule has 0 aliphatic rings. The number of nitrogens with zero attached hydrogens (tertiary/aromatic N) is 1. The molecule has 0 radical (unpaired) electrons. The number of aliphatic carboxylic acids is 1. The molecule has 206 valence electrons. The lowest BCUT2D eigenvalue weighted by Gasteiger charge is -2.25. The number of guanidine groups is 1. The number of amides is 3. The molecule has 0 spiro atoms. The number of benzene rings is 1. The molecule has 1 rings (SSSR count). The van der Waals surface area contributed by atoms with Crippen molar-refractivity contribution in [1.82, 2.24) is 16.0 Å². The van der Waals surface area contributed by atoms with E-state index in [0.29, 0.717) is 12.2 Å². The Hall–Kier alpha value is -3.36. The Labute approximate surface area is 220 Å². The number of carboxylic acids is 1. The molecule has 0 heterocycles. The zero-order chi connectivity index (χ0) is 27.8. The molecular weight excluding hydrogens is 502 g/mol. The zero-order valence-electron chi connectivity index (χ0n) is 20.8. The molecule has 4 atom stereocenters. The Kier molecular flexibility index (Phi) is 14.7. The minimum atomic E-state index is -1.25. The number of nitrogens with two attached hydrogens (primary N) is 3. The minimum absolute atomic E-state index is 0.0814. The fourth-order valence-corrected chi connectivity index (χ4v) is 3.70. The van der Waals surface area contributed by atoms with Gasteiger partial charge in [0.05, 0.1) is 6.61 Å². The number of thioether (sulfide) groups is 1. The van der Waals surface area contributed by atoms with Crippen molar-refractivity contribution in [3.8, 4) is 0 Å². The molecule has 0 saturated carbocycles. The van der Waals surface area contributed by atoms with Crippen LogP contribution in [0.25, 0.3) is 0 Å². The summed E-state index contributed by atoms with van der Waals surface area (Å²) in [6, 6.07) is 4.25. The van der Waals surface area contributed by atoms with Crippen molar-refractivity contribution in [3.05, 3.63) is 35.9 Å². The van der Waals surface area contributed by atoms with Crippen LogP contribution in [0.3, 0.4) is 0 Å². The smallest absolute Gasteiger partial charge is 0.326 e. The summed E-state index contributed by atoms with van der Waals surface area (Å²) in [5, 5.41) is 26.3. The van der Waals surface area contributed by atoms with Gasteiger partial charge in [0.25, 0.3) is 0 Å². The number of hydrogen-bond donors (Lipinski definition) is 8. The van der Waals surface area contributed by atoms with Crippen molar-refractivity contribution in [2.24, 2.45) is 22.2 Å². The van der Waals surface area contributed by atoms with Crippen LogP contribution in [0.2, 0.25) is 0 Å². The van der Waals surface area contributed by atoms with E-state index in [9.17, 15) is 29.4 Å². The van der Waals surface area contributed by atoms with Gasteiger partial charge < -0.3 is 43.4 Å². The maximum absolute atomic E-state index is 13.2. The molecule has 37 heavy (non-hydrogen) atoms. The van der Waals surface area contributed by atoms with Crippen molar-refractivity contribution in [2.45, 2.75) is 49.9 Å². The molecule has 11 N–H and O–H groups in total. The maximum Gasteiger partial charge on any atom is 0.326 e. The van der Waals surface area contributed by atoms with Gasteiger partial charge in [0.15, 0.2) is 5.96 Å². The number of carbonyl (C=O) groups excluding carboxylic acids is 3. The van der Waals surface area contributed by atoms with Crippen molar-refractivity contribution in [1.29, 1.82) is 0 Å². The topological polar surface area (TPSA) is 235 Å². The molecule has 0 saturated heterocycles. The molecule has 0 fully saturated rings. The van der Waals surface area contributed by atoms with E-state index in [0.717, 1.165) is 5.56 Å². The van der Waals surface area contributed by atoms with Gasteiger partial charge in [-0.3, -0.25) is 19.4 Å². The first-order chi connectivity index (χ1) is 17.6. The maximum atomic E-state index is 13.2. The summed E-state index contributed by atoms with van der Waals surface area (Å²) in [6.45, 7) is -0.433. The van der Waals surface area contributed by atoms with Gasteiger partial charge in [-0.1, -0.05) is 30.3 Å². The number of aliphatic hydroxyl groups excluding tert-OH is 1. The van der Waals surface area contributed by atoms with Crippen LogP contribution in [0.5, 0.6) is 0 Å². The number of rotatable bonds is 17. The predicted molar refractivity (Wildman–Crippen MR) is 142 cm³/mol. The largest absolute Gasteiger partial charge is 0.480 e. The van der Waals surface area contributed by atoms with Crippen molar-refractivity contribution in [3.63, 3.8) is 0 Å². The summed E-state index contributed by atoms with van der Waals surface area (Å²) < 4.78 is 0. The highest BCUT2D eigenvalue weighted by Gasteiger charge is 2.30. The highest BCUT2D eigenvalue weighted by Crippen LogP contribution is 2.08. The average molecular weight is 540 g/mol. The molecule has 3 amide bonds. The third-order valence-electron chi connectivity index (χ3n) is 5.25. The van der Waals surface area contributed by atoms with Crippen LogP contribution < -0.4 is 33.2 Å². The van der Waals surface area contributed by atoms with E-state index >= 15 is 0 Å². The van der Waals surface area contributed by atoms with Crippen LogP contribution in [0.1, 0.15) is 24.8 Å². The predicted octanol–water partition coefficient (Wildman–Crippen LogP) is -2.11. The van der Waals surface area contributed by atoms with Gasteiger partial charge in [-0.2, -0.15) is 11.8 Å². The number of nitrogens with one attached hydrogen (secondary N) is 3. The number of hydrogen-bond acceptors (Lipinski definition) is 8. The van der Waals surface area contributed by atoms with Crippen LogP contribution in [-0.2, 0) is 25.6 Å². The highest BCUT2D eigenvalue weighted by atomic mass is 32.2. The van der Waals surface area contributed by atoms with E-state index in [1.165, 1.54) is 11.8 Å². The Balaban J connectivity index is 3.10. The van der Waals surface area contributed by atoms with E-state index < -0.39 is 54.5 Å². The van der Waals surface area contributed by atoms with E-state index in [1.807, 2.05) is 6.26 Å². The van der Waals surface area contributed by atoms with Gasteiger partial charge in [-0.25, -0.2) is 4.79 Å². The molecule has 0 bridgehead atoms. The Morgan fingerprint density at radius 3 is 2.11 bits per heavy atom. The van der Waals surface area contributed by atoms with Gasteiger partial charge in [-0.05, 0) is 36.8 Å². The first kappa shape index (κ1) is 31.7. The van der Waals surface area contributed by atoms with Gasteiger partial charge in [0.2, 0.25) is 17.7 Å². The third-order valence-corrected chi connectivity index (χ3v) is 5.90.